The second-order valence-electron chi connectivity index (χ2n) is 4.72. The summed E-state index contributed by atoms with van der Waals surface area (Å²) < 4.78 is 79.4. The Labute approximate surface area is 130 Å². The number of imidazole rings is 1. The standard InChI is InChI=1S/C14H7F6N3O/c15-13(16,17)12-22-6-11-21-5-9(7-23(11)12)8-1-3-10(4-2-8)24-14(18,19)20/h1-7H. The first-order chi connectivity index (χ1) is 11.1. The van der Waals surface area contributed by atoms with Crippen LogP contribution in [-0.2, 0) is 6.18 Å². The molecule has 0 N–H and O–H groups in total. The molecule has 0 amide bonds. The zero-order valence-electron chi connectivity index (χ0n) is 11.6. The van der Waals surface area contributed by atoms with E-state index in [9.17, 15) is 26.3 Å². The summed E-state index contributed by atoms with van der Waals surface area (Å²) in [7, 11) is 0. The summed E-state index contributed by atoms with van der Waals surface area (Å²) in [4.78, 5) is 7.15. The zero-order valence-corrected chi connectivity index (χ0v) is 11.6. The Morgan fingerprint density at radius 3 is 2.08 bits per heavy atom. The van der Waals surface area contributed by atoms with Crippen LogP contribution in [0.15, 0.2) is 42.9 Å². The topological polar surface area (TPSA) is 39.4 Å². The number of rotatable bonds is 2. The van der Waals surface area contributed by atoms with Crippen molar-refractivity contribution >= 4 is 5.65 Å². The van der Waals surface area contributed by atoms with E-state index in [1.807, 2.05) is 0 Å². The van der Waals surface area contributed by atoms with Crippen molar-refractivity contribution in [1.29, 1.82) is 0 Å². The van der Waals surface area contributed by atoms with Gasteiger partial charge < -0.3 is 4.74 Å². The van der Waals surface area contributed by atoms with Gasteiger partial charge in [0, 0.05) is 18.0 Å². The van der Waals surface area contributed by atoms with E-state index < -0.39 is 24.1 Å². The van der Waals surface area contributed by atoms with Gasteiger partial charge in [0.1, 0.15) is 5.75 Å². The summed E-state index contributed by atoms with van der Waals surface area (Å²) in [5.74, 6) is -1.57. The summed E-state index contributed by atoms with van der Waals surface area (Å²) in [6, 6.07) is 4.69. The minimum absolute atomic E-state index is 0.00287. The molecule has 1 aromatic carbocycles. The molecule has 0 spiro atoms. The summed E-state index contributed by atoms with van der Waals surface area (Å²) in [6.45, 7) is 0. The van der Waals surface area contributed by atoms with E-state index in [1.165, 1.54) is 18.3 Å². The molecule has 0 aliphatic rings. The Hall–Kier alpha value is -2.78. The molecule has 0 radical (unpaired) electrons. The van der Waals surface area contributed by atoms with Crippen LogP contribution < -0.4 is 4.74 Å². The number of fused-ring (bicyclic) bond motifs is 1. The highest BCUT2D eigenvalue weighted by Crippen LogP contribution is 2.30. The number of benzene rings is 1. The highest BCUT2D eigenvalue weighted by Gasteiger charge is 2.36. The molecule has 0 atom stereocenters. The molecule has 24 heavy (non-hydrogen) atoms. The van der Waals surface area contributed by atoms with Gasteiger partial charge in [0.2, 0.25) is 5.82 Å². The number of alkyl halides is 6. The molecule has 0 saturated heterocycles. The largest absolute Gasteiger partial charge is 0.573 e. The van der Waals surface area contributed by atoms with Crippen LogP contribution in [0.3, 0.4) is 0 Å². The van der Waals surface area contributed by atoms with Gasteiger partial charge in [-0.05, 0) is 17.7 Å². The van der Waals surface area contributed by atoms with Crippen molar-refractivity contribution in [2.45, 2.75) is 12.5 Å². The first-order valence-electron chi connectivity index (χ1n) is 6.40. The molecule has 0 fully saturated rings. The van der Waals surface area contributed by atoms with Gasteiger partial charge >= 0.3 is 12.5 Å². The Morgan fingerprint density at radius 2 is 1.50 bits per heavy atom. The Morgan fingerprint density at radius 1 is 0.833 bits per heavy atom. The van der Waals surface area contributed by atoms with Crippen molar-refractivity contribution in [3.05, 3.63) is 48.7 Å². The van der Waals surface area contributed by atoms with Gasteiger partial charge in [-0.15, -0.1) is 13.2 Å². The van der Waals surface area contributed by atoms with Crippen molar-refractivity contribution in [3.8, 4) is 16.9 Å². The lowest BCUT2D eigenvalue weighted by atomic mass is 10.1. The molecule has 126 valence electrons. The van der Waals surface area contributed by atoms with Gasteiger partial charge in [-0.3, -0.25) is 4.40 Å². The molecule has 2 aromatic heterocycles. The van der Waals surface area contributed by atoms with Crippen LogP contribution in [0.4, 0.5) is 26.3 Å². The summed E-state index contributed by atoms with van der Waals surface area (Å²) >= 11 is 0. The minimum Gasteiger partial charge on any atom is -0.406 e. The van der Waals surface area contributed by atoms with Crippen LogP contribution in [0.5, 0.6) is 5.75 Å². The fraction of sp³-hybridized carbons (Fsp3) is 0.143. The van der Waals surface area contributed by atoms with Crippen LogP contribution in [-0.4, -0.2) is 20.7 Å². The van der Waals surface area contributed by atoms with Crippen molar-refractivity contribution in [2.75, 3.05) is 0 Å². The predicted molar refractivity (Wildman–Crippen MR) is 70.1 cm³/mol. The van der Waals surface area contributed by atoms with E-state index in [-0.39, 0.29) is 11.2 Å². The molecule has 0 bridgehead atoms. The normalized spacial score (nSPS) is 12.6. The van der Waals surface area contributed by atoms with E-state index in [2.05, 4.69) is 14.7 Å². The molecule has 0 aliphatic heterocycles. The molecular formula is C14H7F6N3O. The first-order valence-corrected chi connectivity index (χ1v) is 6.40. The number of hydrogen-bond acceptors (Lipinski definition) is 3. The maximum Gasteiger partial charge on any atom is 0.573 e. The van der Waals surface area contributed by atoms with Gasteiger partial charge in [0.15, 0.2) is 5.65 Å². The number of nitrogens with zero attached hydrogens (tertiary/aromatic N) is 3. The van der Waals surface area contributed by atoms with E-state index in [0.29, 0.717) is 5.56 Å². The van der Waals surface area contributed by atoms with Gasteiger partial charge in [-0.1, -0.05) is 12.1 Å². The summed E-state index contributed by atoms with van der Waals surface area (Å²) in [6.07, 6.45) is -6.03. The fourth-order valence-corrected chi connectivity index (χ4v) is 2.09. The highest BCUT2D eigenvalue weighted by atomic mass is 19.4. The first kappa shape index (κ1) is 16.1. The molecule has 10 heteroatoms. The quantitative estimate of drug-likeness (QED) is 0.649. The molecular weight excluding hydrogens is 340 g/mol. The third kappa shape index (κ3) is 3.26. The third-order valence-electron chi connectivity index (χ3n) is 3.06. The second-order valence-corrected chi connectivity index (χ2v) is 4.72. The maximum absolute atomic E-state index is 12.9. The maximum atomic E-state index is 12.9. The Balaban J connectivity index is 1.97. The molecule has 2 heterocycles. The van der Waals surface area contributed by atoms with Gasteiger partial charge in [0.25, 0.3) is 0 Å². The van der Waals surface area contributed by atoms with Crippen LogP contribution in [0.2, 0.25) is 0 Å². The summed E-state index contributed by atoms with van der Waals surface area (Å²) in [5, 5.41) is 0. The second kappa shape index (κ2) is 5.39. The SMILES string of the molecule is FC(F)(F)Oc1ccc(-c2cnc3cnc(C(F)(F)F)n3c2)cc1. The lowest BCUT2D eigenvalue weighted by molar-refractivity contribution is -0.274. The van der Waals surface area contributed by atoms with E-state index >= 15 is 0 Å². The van der Waals surface area contributed by atoms with Crippen molar-refractivity contribution < 1.29 is 31.1 Å². The van der Waals surface area contributed by atoms with Crippen LogP contribution in [0.25, 0.3) is 16.8 Å². The molecule has 4 nitrogen and oxygen atoms in total. The van der Waals surface area contributed by atoms with Gasteiger partial charge in [-0.25, -0.2) is 9.97 Å². The molecule has 3 aromatic rings. The number of ether oxygens (including phenoxy) is 1. The molecule has 0 unspecified atom stereocenters. The number of hydrogen-bond donors (Lipinski definition) is 0. The van der Waals surface area contributed by atoms with Crippen molar-refractivity contribution in [3.63, 3.8) is 0 Å². The zero-order chi connectivity index (χ0) is 17.5. The number of halogens is 6. The van der Waals surface area contributed by atoms with E-state index in [0.717, 1.165) is 28.9 Å². The predicted octanol–water partition coefficient (Wildman–Crippen LogP) is 4.31. The summed E-state index contributed by atoms with van der Waals surface area (Å²) in [5.41, 5.74) is 0.661. The van der Waals surface area contributed by atoms with Gasteiger partial charge in [0.05, 0.1) is 6.20 Å². The Bertz CT molecular complexity index is 867. The monoisotopic (exact) mass is 347 g/mol. The van der Waals surface area contributed by atoms with Crippen molar-refractivity contribution in [2.24, 2.45) is 0 Å². The third-order valence-corrected chi connectivity index (χ3v) is 3.06. The van der Waals surface area contributed by atoms with Crippen LogP contribution in [0, 0.1) is 0 Å². The van der Waals surface area contributed by atoms with Gasteiger partial charge in [-0.2, -0.15) is 13.2 Å². The Kier molecular flexibility index (Phi) is 3.61. The minimum atomic E-state index is -4.82. The molecule has 0 aliphatic carbocycles. The van der Waals surface area contributed by atoms with Crippen molar-refractivity contribution in [1.82, 2.24) is 14.4 Å². The lowest BCUT2D eigenvalue weighted by Gasteiger charge is -2.10. The van der Waals surface area contributed by atoms with Crippen LogP contribution >= 0.6 is 0 Å². The average molecular weight is 347 g/mol. The highest BCUT2D eigenvalue weighted by molar-refractivity contribution is 5.63. The number of aromatic nitrogens is 3. The molecule has 3 rings (SSSR count). The smallest absolute Gasteiger partial charge is 0.406 e. The average Bonchev–Trinajstić information content (AvgIpc) is 2.89. The fourth-order valence-electron chi connectivity index (χ4n) is 2.09. The van der Waals surface area contributed by atoms with E-state index in [4.69, 9.17) is 0 Å². The van der Waals surface area contributed by atoms with E-state index in [1.54, 1.807) is 0 Å². The molecule has 0 saturated carbocycles. The van der Waals surface area contributed by atoms with Crippen LogP contribution in [0.1, 0.15) is 5.82 Å². The lowest BCUT2D eigenvalue weighted by Crippen LogP contribution is -2.16.